The molecule has 1 aliphatic rings. The zero-order chi connectivity index (χ0) is 25.0. The normalized spacial score (nSPS) is 13.1. The highest BCUT2D eigenvalue weighted by Crippen LogP contribution is 2.36. The van der Waals surface area contributed by atoms with E-state index in [1.54, 1.807) is 24.8 Å². The first-order valence-corrected chi connectivity index (χ1v) is 12.2. The quantitative estimate of drug-likeness (QED) is 0.269. The van der Waals surface area contributed by atoms with Gasteiger partial charge in [0.2, 0.25) is 0 Å². The Morgan fingerprint density at radius 1 is 1.00 bits per heavy atom. The number of amides is 1. The van der Waals surface area contributed by atoms with Crippen LogP contribution in [0.3, 0.4) is 0 Å². The van der Waals surface area contributed by atoms with Gasteiger partial charge in [-0.3, -0.25) is 9.59 Å². The minimum atomic E-state index is -4.42. The molecule has 4 nitrogen and oxygen atoms in total. The van der Waals surface area contributed by atoms with Gasteiger partial charge in [0.15, 0.2) is 0 Å². The van der Waals surface area contributed by atoms with Gasteiger partial charge in [-0.05, 0) is 66.4 Å². The van der Waals surface area contributed by atoms with Crippen molar-refractivity contribution in [3.05, 3.63) is 94.5 Å². The van der Waals surface area contributed by atoms with Gasteiger partial charge in [-0.2, -0.15) is 13.2 Å². The summed E-state index contributed by atoms with van der Waals surface area (Å²) >= 11 is 1.65. The van der Waals surface area contributed by atoms with E-state index in [4.69, 9.17) is 4.74 Å². The molecule has 182 valence electrons. The van der Waals surface area contributed by atoms with Crippen molar-refractivity contribution in [2.75, 3.05) is 17.3 Å². The van der Waals surface area contributed by atoms with Gasteiger partial charge in [0.05, 0.1) is 25.1 Å². The Morgan fingerprint density at radius 2 is 1.69 bits per heavy atom. The van der Waals surface area contributed by atoms with Crippen LogP contribution in [0.5, 0.6) is 0 Å². The smallest absolute Gasteiger partial charge is 0.416 e. The molecule has 0 saturated heterocycles. The Bertz CT molecular complexity index is 1210. The summed E-state index contributed by atoms with van der Waals surface area (Å²) in [7, 11) is 0. The van der Waals surface area contributed by atoms with Crippen LogP contribution in [0.4, 0.5) is 18.9 Å². The predicted octanol–water partition coefficient (Wildman–Crippen LogP) is 6.31. The molecule has 35 heavy (non-hydrogen) atoms. The topological polar surface area (TPSA) is 46.6 Å². The number of rotatable bonds is 8. The lowest BCUT2D eigenvalue weighted by Gasteiger charge is -2.17. The summed E-state index contributed by atoms with van der Waals surface area (Å²) in [6.45, 7) is 2.47. The highest BCUT2D eigenvalue weighted by atomic mass is 32.2. The SMILES string of the molecule is CCOC(=O)Cc1ccc(CCSc2cccc3c2CN(c2ccc(C(F)(F)F)cc2)C3=O)cc1. The fourth-order valence-corrected chi connectivity index (χ4v) is 5.04. The maximum atomic E-state index is 12.9. The van der Waals surface area contributed by atoms with E-state index in [1.165, 1.54) is 17.0 Å². The third-order valence-electron chi connectivity index (χ3n) is 5.76. The third-order valence-corrected chi connectivity index (χ3v) is 6.86. The third kappa shape index (κ3) is 5.88. The summed E-state index contributed by atoms with van der Waals surface area (Å²) in [5, 5.41) is 0. The van der Waals surface area contributed by atoms with Gasteiger partial charge in [0.25, 0.3) is 5.91 Å². The maximum absolute atomic E-state index is 12.9. The van der Waals surface area contributed by atoms with Gasteiger partial charge in [-0.15, -0.1) is 11.8 Å². The van der Waals surface area contributed by atoms with Crippen LogP contribution in [0.1, 0.15) is 39.5 Å². The Morgan fingerprint density at radius 3 is 2.34 bits per heavy atom. The summed E-state index contributed by atoms with van der Waals surface area (Å²) in [6.07, 6.45) is -3.35. The lowest BCUT2D eigenvalue weighted by Crippen LogP contribution is -2.23. The van der Waals surface area contributed by atoms with Crippen molar-refractivity contribution in [2.24, 2.45) is 0 Å². The van der Waals surface area contributed by atoms with Crippen LogP contribution in [0.2, 0.25) is 0 Å². The van der Waals surface area contributed by atoms with Crippen molar-refractivity contribution >= 4 is 29.3 Å². The number of halogens is 3. The molecule has 0 N–H and O–H groups in total. The molecule has 0 saturated carbocycles. The molecule has 0 fully saturated rings. The first kappa shape index (κ1) is 24.9. The van der Waals surface area contributed by atoms with Crippen LogP contribution in [0, 0.1) is 0 Å². The number of anilines is 1. The Balaban J connectivity index is 1.38. The van der Waals surface area contributed by atoms with E-state index >= 15 is 0 Å². The van der Waals surface area contributed by atoms with E-state index in [-0.39, 0.29) is 18.3 Å². The number of hydrogen-bond acceptors (Lipinski definition) is 4. The molecule has 0 radical (unpaired) electrons. The van der Waals surface area contributed by atoms with Crippen molar-refractivity contribution in [3.63, 3.8) is 0 Å². The molecule has 1 amide bonds. The summed E-state index contributed by atoms with van der Waals surface area (Å²) in [5.41, 5.74) is 3.22. The van der Waals surface area contributed by atoms with Crippen molar-refractivity contribution in [1.82, 2.24) is 0 Å². The van der Waals surface area contributed by atoms with E-state index in [0.29, 0.717) is 24.4 Å². The molecule has 1 aliphatic heterocycles. The number of hydrogen-bond donors (Lipinski definition) is 0. The summed E-state index contributed by atoms with van der Waals surface area (Å²) in [4.78, 5) is 27.1. The monoisotopic (exact) mass is 499 g/mol. The van der Waals surface area contributed by atoms with Crippen molar-refractivity contribution in [3.8, 4) is 0 Å². The van der Waals surface area contributed by atoms with Crippen LogP contribution in [-0.2, 0) is 35.1 Å². The molecule has 3 aromatic rings. The maximum Gasteiger partial charge on any atom is 0.416 e. The second-order valence-corrected chi connectivity index (χ2v) is 9.25. The van der Waals surface area contributed by atoms with Crippen molar-refractivity contribution in [1.29, 1.82) is 0 Å². The minimum absolute atomic E-state index is 0.209. The molecule has 0 aromatic heterocycles. The highest BCUT2D eigenvalue weighted by Gasteiger charge is 2.33. The summed E-state index contributed by atoms with van der Waals surface area (Å²) in [6, 6.07) is 18.1. The summed E-state index contributed by atoms with van der Waals surface area (Å²) < 4.78 is 43.6. The number of esters is 1. The molecule has 1 heterocycles. The number of alkyl halides is 3. The molecule has 4 rings (SSSR count). The first-order valence-electron chi connectivity index (χ1n) is 11.2. The first-order chi connectivity index (χ1) is 16.8. The molecule has 0 aliphatic carbocycles. The van der Waals surface area contributed by atoms with E-state index in [9.17, 15) is 22.8 Å². The van der Waals surface area contributed by atoms with Crippen LogP contribution in [0.15, 0.2) is 71.6 Å². The zero-order valence-electron chi connectivity index (χ0n) is 19.1. The van der Waals surface area contributed by atoms with Gasteiger partial charge < -0.3 is 9.64 Å². The fraction of sp³-hybridized carbons (Fsp3) is 0.259. The largest absolute Gasteiger partial charge is 0.466 e. The Hall–Kier alpha value is -3.26. The van der Waals surface area contributed by atoms with Gasteiger partial charge in [0.1, 0.15) is 0 Å². The number of benzene rings is 3. The molecular formula is C27H24F3NO3S. The van der Waals surface area contributed by atoms with E-state index in [1.807, 2.05) is 36.4 Å². The highest BCUT2D eigenvalue weighted by molar-refractivity contribution is 7.99. The average molecular weight is 500 g/mol. The zero-order valence-corrected chi connectivity index (χ0v) is 19.9. The number of aryl methyl sites for hydroxylation is 1. The molecule has 0 spiro atoms. The van der Waals surface area contributed by atoms with Crippen LogP contribution in [-0.4, -0.2) is 24.2 Å². The number of fused-ring (bicyclic) bond motifs is 1. The number of nitrogens with zero attached hydrogens (tertiary/aromatic N) is 1. The van der Waals surface area contributed by atoms with Crippen LogP contribution < -0.4 is 4.90 Å². The standard InChI is InChI=1S/C27H24F3NO3S/c1-2-34-25(32)16-19-8-6-18(7-9-19)14-15-35-24-5-3-4-22-23(24)17-31(26(22)33)21-12-10-20(11-13-21)27(28,29)30/h3-13H,2,14-17H2,1H3. The average Bonchev–Trinajstić information content (AvgIpc) is 3.17. The Labute approximate surface area is 206 Å². The second-order valence-electron chi connectivity index (χ2n) is 8.11. The van der Waals surface area contributed by atoms with E-state index < -0.39 is 11.7 Å². The number of ether oxygens (including phenoxy) is 1. The molecule has 0 atom stereocenters. The minimum Gasteiger partial charge on any atom is -0.466 e. The fourth-order valence-electron chi connectivity index (χ4n) is 3.96. The molecule has 8 heteroatoms. The number of thioether (sulfide) groups is 1. The van der Waals surface area contributed by atoms with Gasteiger partial charge in [0, 0.05) is 21.9 Å². The lowest BCUT2D eigenvalue weighted by molar-refractivity contribution is -0.142. The molecular weight excluding hydrogens is 475 g/mol. The van der Waals surface area contributed by atoms with Crippen molar-refractivity contribution < 1.29 is 27.5 Å². The molecule has 0 bridgehead atoms. The second kappa shape index (κ2) is 10.6. The van der Waals surface area contributed by atoms with E-state index in [2.05, 4.69) is 0 Å². The number of carbonyl (C=O) groups excluding carboxylic acids is 2. The molecule has 0 unspecified atom stereocenters. The summed E-state index contributed by atoms with van der Waals surface area (Å²) in [5.74, 6) is 0.343. The predicted molar refractivity (Wildman–Crippen MR) is 130 cm³/mol. The van der Waals surface area contributed by atoms with E-state index in [0.717, 1.165) is 45.9 Å². The lowest BCUT2D eigenvalue weighted by atomic mass is 10.1. The van der Waals surface area contributed by atoms with Crippen LogP contribution >= 0.6 is 11.8 Å². The molecule has 3 aromatic carbocycles. The van der Waals surface area contributed by atoms with Gasteiger partial charge in [-0.25, -0.2) is 0 Å². The number of carbonyl (C=O) groups is 2. The van der Waals surface area contributed by atoms with Gasteiger partial charge >= 0.3 is 12.1 Å². The van der Waals surface area contributed by atoms with Crippen molar-refractivity contribution in [2.45, 2.75) is 37.4 Å². The Kier molecular flexibility index (Phi) is 7.50. The van der Waals surface area contributed by atoms with Gasteiger partial charge in [-0.1, -0.05) is 30.3 Å². The van der Waals surface area contributed by atoms with Crippen LogP contribution in [0.25, 0.3) is 0 Å².